The molecule has 2 rings (SSSR count). The number of hydrogen-bond donors (Lipinski definition) is 2. The van der Waals surface area contributed by atoms with Crippen LogP contribution in [0.15, 0.2) is 29.1 Å². The van der Waals surface area contributed by atoms with E-state index >= 15 is 0 Å². The van der Waals surface area contributed by atoms with Crippen molar-refractivity contribution in [1.82, 2.24) is 5.32 Å². The zero-order valence-electron chi connectivity index (χ0n) is 10.5. The predicted octanol–water partition coefficient (Wildman–Crippen LogP) is 1.89. The minimum atomic E-state index is -0.102. The maximum absolute atomic E-state index is 12.0. The predicted molar refractivity (Wildman–Crippen MR) is 74.9 cm³/mol. The molecule has 0 saturated heterocycles. The van der Waals surface area contributed by atoms with Crippen LogP contribution >= 0.6 is 11.3 Å². The maximum atomic E-state index is 12.0. The molecule has 0 radical (unpaired) electrons. The first kappa shape index (κ1) is 13.4. The zero-order chi connectivity index (χ0) is 13.7. The number of furan rings is 1. The molecule has 2 heterocycles. The second kappa shape index (κ2) is 6.23. The van der Waals surface area contributed by atoms with Crippen LogP contribution in [0.5, 0.6) is 0 Å². The van der Waals surface area contributed by atoms with Gasteiger partial charge in [0, 0.05) is 12.1 Å². The Kier molecular flexibility index (Phi) is 4.39. The van der Waals surface area contributed by atoms with Crippen LogP contribution in [0.3, 0.4) is 0 Å². The summed E-state index contributed by atoms with van der Waals surface area (Å²) in [6, 6.07) is 3.66. The molecular weight excluding hydrogens is 260 g/mol. The van der Waals surface area contributed by atoms with Crippen molar-refractivity contribution in [3.63, 3.8) is 0 Å². The van der Waals surface area contributed by atoms with Crippen molar-refractivity contribution in [2.45, 2.75) is 13.5 Å². The topological polar surface area (TPSA) is 68.3 Å². The first-order valence-corrected chi connectivity index (χ1v) is 6.61. The van der Waals surface area contributed by atoms with Gasteiger partial charge in [0.25, 0.3) is 5.91 Å². The maximum Gasteiger partial charge on any atom is 0.261 e. The lowest BCUT2D eigenvalue weighted by Gasteiger charge is -2.00. The Hall–Kier alpha value is -2.03. The molecule has 0 fully saturated rings. The van der Waals surface area contributed by atoms with E-state index in [0.29, 0.717) is 18.0 Å². The number of hydrogen-bond acceptors (Lipinski definition) is 4. The third-order valence-electron chi connectivity index (χ3n) is 2.48. The summed E-state index contributed by atoms with van der Waals surface area (Å²) in [6.45, 7) is 2.71. The molecule has 3 N–H and O–H groups in total. The Labute approximate surface area is 115 Å². The molecular formula is C14H14N2O2S. The zero-order valence-corrected chi connectivity index (χ0v) is 11.3. The number of carbonyl (C=O) groups excluding carboxylic acids is 1. The van der Waals surface area contributed by atoms with E-state index in [0.717, 1.165) is 16.0 Å². The molecule has 0 spiro atoms. The van der Waals surface area contributed by atoms with Gasteiger partial charge in [0.05, 0.1) is 28.8 Å². The molecule has 98 valence electrons. The van der Waals surface area contributed by atoms with Crippen molar-refractivity contribution in [3.8, 4) is 11.8 Å². The third-order valence-corrected chi connectivity index (χ3v) is 3.63. The summed E-state index contributed by atoms with van der Waals surface area (Å²) in [5.41, 5.74) is 7.27. The number of amides is 1. The highest BCUT2D eigenvalue weighted by atomic mass is 32.1. The number of carbonyl (C=O) groups is 1. The number of nitrogens with two attached hydrogens (primary N) is 1. The molecule has 0 aliphatic rings. The molecule has 0 aliphatic carbocycles. The summed E-state index contributed by atoms with van der Waals surface area (Å²) < 4.78 is 4.94. The normalized spacial score (nSPS) is 9.79. The first-order chi connectivity index (χ1) is 9.20. The lowest BCUT2D eigenvalue weighted by atomic mass is 10.2. The summed E-state index contributed by atoms with van der Waals surface area (Å²) in [4.78, 5) is 13.5. The van der Waals surface area contributed by atoms with E-state index < -0.39 is 0 Å². The summed E-state index contributed by atoms with van der Waals surface area (Å²) in [7, 11) is 0. The molecule has 5 heteroatoms. The molecule has 0 unspecified atom stereocenters. The van der Waals surface area contributed by atoms with E-state index in [1.807, 2.05) is 19.1 Å². The van der Waals surface area contributed by atoms with Gasteiger partial charge in [0.1, 0.15) is 0 Å². The second-order valence-corrected chi connectivity index (χ2v) is 5.00. The van der Waals surface area contributed by atoms with Crippen LogP contribution in [0.4, 0.5) is 0 Å². The Balaban J connectivity index is 2.03. The standard InChI is InChI=1S/C14H14N2O2S/c1-10-7-13(19-12(10)3-2-5-15)14(17)16-8-11-4-6-18-9-11/h4,6-7,9H,5,8,15H2,1H3,(H,16,17). The molecule has 4 nitrogen and oxygen atoms in total. The van der Waals surface area contributed by atoms with Gasteiger partial charge in [-0.25, -0.2) is 0 Å². The van der Waals surface area contributed by atoms with Gasteiger partial charge in [-0.05, 0) is 24.6 Å². The first-order valence-electron chi connectivity index (χ1n) is 5.79. The number of rotatable bonds is 3. The quantitative estimate of drug-likeness (QED) is 0.840. The summed E-state index contributed by atoms with van der Waals surface area (Å²) in [5.74, 6) is 5.66. The monoisotopic (exact) mass is 274 g/mol. The van der Waals surface area contributed by atoms with Crippen LogP contribution in [0, 0.1) is 18.8 Å². The van der Waals surface area contributed by atoms with Crippen molar-refractivity contribution >= 4 is 17.2 Å². The van der Waals surface area contributed by atoms with Crippen molar-refractivity contribution in [2.75, 3.05) is 6.54 Å². The van der Waals surface area contributed by atoms with E-state index in [1.165, 1.54) is 11.3 Å². The van der Waals surface area contributed by atoms with E-state index in [1.54, 1.807) is 12.5 Å². The molecule has 0 aromatic carbocycles. The average molecular weight is 274 g/mol. The van der Waals surface area contributed by atoms with E-state index in [-0.39, 0.29) is 5.91 Å². The molecule has 0 saturated carbocycles. The van der Waals surface area contributed by atoms with Crippen molar-refractivity contribution in [3.05, 3.63) is 45.5 Å². The molecule has 19 heavy (non-hydrogen) atoms. The Morgan fingerprint density at radius 1 is 1.58 bits per heavy atom. The van der Waals surface area contributed by atoms with Gasteiger partial charge >= 0.3 is 0 Å². The van der Waals surface area contributed by atoms with Crippen LogP contribution in [0.25, 0.3) is 0 Å². The van der Waals surface area contributed by atoms with Crippen LogP contribution < -0.4 is 11.1 Å². The number of aryl methyl sites for hydroxylation is 1. The fourth-order valence-electron chi connectivity index (χ4n) is 1.51. The van der Waals surface area contributed by atoms with Crippen LogP contribution in [0.2, 0.25) is 0 Å². The molecule has 0 bridgehead atoms. The molecule has 2 aromatic heterocycles. The fourth-order valence-corrected chi connectivity index (χ4v) is 2.48. The highest BCUT2D eigenvalue weighted by Gasteiger charge is 2.11. The molecule has 2 aromatic rings. The lowest BCUT2D eigenvalue weighted by Crippen LogP contribution is -2.21. The molecule has 0 atom stereocenters. The summed E-state index contributed by atoms with van der Waals surface area (Å²) in [5, 5.41) is 2.84. The van der Waals surface area contributed by atoms with Crippen LogP contribution in [0.1, 0.15) is 25.7 Å². The summed E-state index contributed by atoms with van der Waals surface area (Å²) >= 11 is 1.38. The third kappa shape index (κ3) is 3.47. The van der Waals surface area contributed by atoms with Gasteiger partial charge in [-0.3, -0.25) is 4.79 Å². The van der Waals surface area contributed by atoms with Crippen molar-refractivity contribution in [1.29, 1.82) is 0 Å². The highest BCUT2D eigenvalue weighted by molar-refractivity contribution is 7.14. The largest absolute Gasteiger partial charge is 0.472 e. The Bertz CT molecular complexity index is 618. The van der Waals surface area contributed by atoms with Gasteiger partial charge in [-0.1, -0.05) is 11.8 Å². The molecule has 1 amide bonds. The lowest BCUT2D eigenvalue weighted by molar-refractivity contribution is 0.0955. The average Bonchev–Trinajstić information content (AvgIpc) is 3.03. The van der Waals surface area contributed by atoms with Gasteiger partial charge in [-0.15, -0.1) is 11.3 Å². The van der Waals surface area contributed by atoms with Gasteiger partial charge < -0.3 is 15.5 Å². The second-order valence-electron chi connectivity index (χ2n) is 3.94. The number of nitrogens with one attached hydrogen (secondary N) is 1. The van der Waals surface area contributed by atoms with E-state index in [9.17, 15) is 4.79 Å². The van der Waals surface area contributed by atoms with Crippen LogP contribution in [-0.4, -0.2) is 12.5 Å². The summed E-state index contributed by atoms with van der Waals surface area (Å²) in [6.07, 6.45) is 3.19. The SMILES string of the molecule is Cc1cc(C(=O)NCc2ccoc2)sc1C#CCN. The van der Waals surface area contributed by atoms with Crippen LogP contribution in [-0.2, 0) is 6.54 Å². The Morgan fingerprint density at radius 2 is 2.42 bits per heavy atom. The van der Waals surface area contributed by atoms with E-state index in [2.05, 4.69) is 17.2 Å². The highest BCUT2D eigenvalue weighted by Crippen LogP contribution is 2.20. The van der Waals surface area contributed by atoms with E-state index in [4.69, 9.17) is 10.2 Å². The van der Waals surface area contributed by atoms with Gasteiger partial charge in [0.15, 0.2) is 0 Å². The fraction of sp³-hybridized carbons (Fsp3) is 0.214. The molecule has 0 aliphatic heterocycles. The Morgan fingerprint density at radius 3 is 3.11 bits per heavy atom. The number of thiophene rings is 1. The minimum Gasteiger partial charge on any atom is -0.472 e. The van der Waals surface area contributed by atoms with Gasteiger partial charge in [0.2, 0.25) is 0 Å². The smallest absolute Gasteiger partial charge is 0.261 e. The van der Waals surface area contributed by atoms with Crippen molar-refractivity contribution < 1.29 is 9.21 Å². The van der Waals surface area contributed by atoms with Crippen molar-refractivity contribution in [2.24, 2.45) is 5.73 Å². The van der Waals surface area contributed by atoms with Gasteiger partial charge in [-0.2, -0.15) is 0 Å². The minimum absolute atomic E-state index is 0.102.